The molecule has 0 radical (unpaired) electrons. The van der Waals surface area contributed by atoms with Crippen molar-refractivity contribution in [2.45, 2.75) is 6.92 Å². The van der Waals surface area contributed by atoms with Crippen molar-refractivity contribution in [1.29, 1.82) is 0 Å². The fourth-order valence-electron chi connectivity index (χ4n) is 2.06. The van der Waals surface area contributed by atoms with Gasteiger partial charge in [-0.2, -0.15) is 0 Å². The van der Waals surface area contributed by atoms with Crippen LogP contribution in [0.4, 0.5) is 4.39 Å². The van der Waals surface area contributed by atoms with Crippen molar-refractivity contribution in [2.24, 2.45) is 0 Å². The predicted octanol–water partition coefficient (Wildman–Crippen LogP) is 3.71. The van der Waals surface area contributed by atoms with E-state index in [1.54, 1.807) is 31.4 Å². The maximum atomic E-state index is 13.3. The minimum atomic E-state index is -0.438. The van der Waals surface area contributed by atoms with Crippen LogP contribution in [0.25, 0.3) is 11.1 Å². The molecule has 0 heterocycles. The second-order valence-corrected chi connectivity index (χ2v) is 4.31. The second kappa shape index (κ2) is 5.74. The van der Waals surface area contributed by atoms with Crippen LogP contribution in [0.1, 0.15) is 17.3 Å². The Morgan fingerprint density at radius 2 is 1.70 bits per heavy atom. The number of carbonyl (C=O) groups is 1. The molecular formula is C16H15FO3. The van der Waals surface area contributed by atoms with Crippen LogP contribution in [-0.2, 0) is 0 Å². The van der Waals surface area contributed by atoms with E-state index in [4.69, 9.17) is 9.47 Å². The van der Waals surface area contributed by atoms with Gasteiger partial charge in [0.1, 0.15) is 17.3 Å². The Kier molecular flexibility index (Phi) is 4.03. The Bertz CT molecular complexity index is 650. The number of halogens is 1. The van der Waals surface area contributed by atoms with E-state index < -0.39 is 5.82 Å². The number of rotatable bonds is 4. The predicted molar refractivity (Wildman–Crippen MR) is 74.9 cm³/mol. The molecule has 0 atom stereocenters. The number of hydrogen-bond acceptors (Lipinski definition) is 3. The highest BCUT2D eigenvalue weighted by atomic mass is 19.1. The summed E-state index contributed by atoms with van der Waals surface area (Å²) in [6.45, 7) is 1.41. The molecule has 0 aliphatic rings. The van der Waals surface area contributed by atoms with Crippen molar-refractivity contribution in [1.82, 2.24) is 0 Å². The van der Waals surface area contributed by atoms with Crippen molar-refractivity contribution < 1.29 is 18.7 Å². The molecule has 0 bridgehead atoms. The summed E-state index contributed by atoms with van der Waals surface area (Å²) in [7, 11) is 3.10. The third-order valence-electron chi connectivity index (χ3n) is 3.06. The molecule has 2 aromatic rings. The maximum Gasteiger partial charge on any atom is 0.160 e. The third-order valence-corrected chi connectivity index (χ3v) is 3.06. The van der Waals surface area contributed by atoms with E-state index in [0.29, 0.717) is 22.6 Å². The maximum absolute atomic E-state index is 13.3. The number of ether oxygens (including phenoxy) is 2. The van der Waals surface area contributed by atoms with Gasteiger partial charge in [-0.05, 0) is 36.8 Å². The van der Waals surface area contributed by atoms with Gasteiger partial charge in [0, 0.05) is 17.2 Å². The zero-order valence-electron chi connectivity index (χ0n) is 11.6. The van der Waals surface area contributed by atoms with E-state index >= 15 is 0 Å². The SMILES string of the molecule is COc1ccc(-c2ccc(F)cc2C(C)=O)c(OC)c1. The molecule has 3 nitrogen and oxygen atoms in total. The minimum Gasteiger partial charge on any atom is -0.497 e. The van der Waals surface area contributed by atoms with Gasteiger partial charge in [-0.1, -0.05) is 6.07 Å². The topological polar surface area (TPSA) is 35.5 Å². The first-order valence-corrected chi connectivity index (χ1v) is 6.09. The molecule has 0 aromatic heterocycles. The molecule has 4 heteroatoms. The number of hydrogen-bond donors (Lipinski definition) is 0. The molecule has 0 spiro atoms. The quantitative estimate of drug-likeness (QED) is 0.797. The lowest BCUT2D eigenvalue weighted by molar-refractivity contribution is 0.101. The van der Waals surface area contributed by atoms with Crippen LogP contribution in [-0.4, -0.2) is 20.0 Å². The van der Waals surface area contributed by atoms with E-state index in [1.807, 2.05) is 0 Å². The molecule has 0 amide bonds. The first-order valence-electron chi connectivity index (χ1n) is 6.09. The lowest BCUT2D eigenvalue weighted by Gasteiger charge is -2.13. The summed E-state index contributed by atoms with van der Waals surface area (Å²) >= 11 is 0. The molecule has 0 aliphatic heterocycles. The van der Waals surface area contributed by atoms with Crippen molar-refractivity contribution in [2.75, 3.05) is 14.2 Å². The van der Waals surface area contributed by atoms with Crippen LogP contribution < -0.4 is 9.47 Å². The molecule has 0 unspecified atom stereocenters. The van der Waals surface area contributed by atoms with Gasteiger partial charge in [-0.3, -0.25) is 4.79 Å². The van der Waals surface area contributed by atoms with Gasteiger partial charge in [0.05, 0.1) is 14.2 Å². The lowest BCUT2D eigenvalue weighted by Crippen LogP contribution is -1.99. The average molecular weight is 274 g/mol. The molecule has 0 aliphatic carbocycles. The summed E-state index contributed by atoms with van der Waals surface area (Å²) in [4.78, 5) is 11.7. The summed E-state index contributed by atoms with van der Waals surface area (Å²) in [5, 5.41) is 0. The average Bonchev–Trinajstić information content (AvgIpc) is 2.46. The van der Waals surface area contributed by atoms with Gasteiger partial charge in [0.25, 0.3) is 0 Å². The number of carbonyl (C=O) groups excluding carboxylic acids is 1. The van der Waals surface area contributed by atoms with E-state index in [1.165, 1.54) is 26.2 Å². The normalized spacial score (nSPS) is 10.2. The number of methoxy groups -OCH3 is 2. The van der Waals surface area contributed by atoms with Crippen LogP contribution in [0.2, 0.25) is 0 Å². The Hall–Kier alpha value is -2.36. The molecule has 0 saturated heterocycles. The van der Waals surface area contributed by atoms with Gasteiger partial charge < -0.3 is 9.47 Å². The van der Waals surface area contributed by atoms with Gasteiger partial charge in [-0.25, -0.2) is 4.39 Å². The Labute approximate surface area is 117 Å². The molecule has 20 heavy (non-hydrogen) atoms. The zero-order valence-corrected chi connectivity index (χ0v) is 11.6. The van der Waals surface area contributed by atoms with Gasteiger partial charge in [0.15, 0.2) is 5.78 Å². The van der Waals surface area contributed by atoms with E-state index in [-0.39, 0.29) is 5.78 Å². The first-order chi connectivity index (χ1) is 9.56. The van der Waals surface area contributed by atoms with Gasteiger partial charge in [-0.15, -0.1) is 0 Å². The van der Waals surface area contributed by atoms with Crippen molar-refractivity contribution in [3.05, 3.63) is 47.8 Å². The standard InChI is InChI=1S/C16H15FO3/c1-10(18)15-8-11(17)4-6-13(15)14-7-5-12(19-2)9-16(14)20-3/h4-9H,1-3H3. The molecular weight excluding hydrogens is 259 g/mol. The molecule has 0 fully saturated rings. The van der Waals surface area contributed by atoms with Gasteiger partial charge >= 0.3 is 0 Å². The molecule has 104 valence electrons. The number of Topliss-reactive ketones (excluding diaryl/α,β-unsaturated/α-hetero) is 1. The van der Waals surface area contributed by atoms with Crippen LogP contribution >= 0.6 is 0 Å². The number of benzene rings is 2. The van der Waals surface area contributed by atoms with Crippen LogP contribution in [0.15, 0.2) is 36.4 Å². The van der Waals surface area contributed by atoms with Crippen LogP contribution in [0, 0.1) is 5.82 Å². The smallest absolute Gasteiger partial charge is 0.160 e. The largest absolute Gasteiger partial charge is 0.497 e. The van der Waals surface area contributed by atoms with E-state index in [0.717, 1.165) is 5.56 Å². The van der Waals surface area contributed by atoms with Crippen molar-refractivity contribution in [3.8, 4) is 22.6 Å². The Balaban J connectivity index is 2.65. The molecule has 0 N–H and O–H groups in total. The molecule has 2 aromatic carbocycles. The molecule has 0 saturated carbocycles. The Morgan fingerprint density at radius 1 is 1.00 bits per heavy atom. The van der Waals surface area contributed by atoms with Crippen LogP contribution in [0.5, 0.6) is 11.5 Å². The van der Waals surface area contributed by atoms with E-state index in [2.05, 4.69) is 0 Å². The number of ketones is 1. The van der Waals surface area contributed by atoms with Crippen molar-refractivity contribution in [3.63, 3.8) is 0 Å². The summed E-state index contributed by atoms with van der Waals surface area (Å²) in [6.07, 6.45) is 0. The van der Waals surface area contributed by atoms with Crippen molar-refractivity contribution >= 4 is 5.78 Å². The van der Waals surface area contributed by atoms with Gasteiger partial charge in [0.2, 0.25) is 0 Å². The lowest BCUT2D eigenvalue weighted by atomic mass is 9.96. The second-order valence-electron chi connectivity index (χ2n) is 4.31. The summed E-state index contributed by atoms with van der Waals surface area (Å²) in [5.41, 5.74) is 1.69. The monoisotopic (exact) mass is 274 g/mol. The Morgan fingerprint density at radius 3 is 2.30 bits per heavy atom. The molecule has 2 rings (SSSR count). The fraction of sp³-hybridized carbons (Fsp3) is 0.188. The third kappa shape index (κ3) is 2.64. The fourth-order valence-corrected chi connectivity index (χ4v) is 2.06. The highest BCUT2D eigenvalue weighted by molar-refractivity contribution is 6.01. The summed E-state index contributed by atoms with van der Waals surface area (Å²) in [6, 6.07) is 9.42. The minimum absolute atomic E-state index is 0.197. The zero-order chi connectivity index (χ0) is 14.7. The van der Waals surface area contributed by atoms with Crippen LogP contribution in [0.3, 0.4) is 0 Å². The summed E-state index contributed by atoms with van der Waals surface area (Å²) < 4.78 is 23.8. The highest BCUT2D eigenvalue weighted by Gasteiger charge is 2.14. The van der Waals surface area contributed by atoms with E-state index in [9.17, 15) is 9.18 Å². The first kappa shape index (κ1) is 14.1. The summed E-state index contributed by atoms with van der Waals surface area (Å²) in [5.74, 6) is 0.583. The highest BCUT2D eigenvalue weighted by Crippen LogP contribution is 2.35.